The molecule has 0 unspecified atom stereocenters. The Hall–Kier alpha value is -2.35. The van der Waals surface area contributed by atoms with Crippen molar-refractivity contribution in [2.24, 2.45) is 0 Å². The van der Waals surface area contributed by atoms with E-state index in [4.69, 9.17) is 0 Å². The van der Waals surface area contributed by atoms with Crippen LogP contribution in [0.25, 0.3) is 5.70 Å². The first-order chi connectivity index (χ1) is 10.5. The topological polar surface area (TPSA) is 29.1 Å². The van der Waals surface area contributed by atoms with Crippen molar-refractivity contribution in [2.75, 3.05) is 0 Å². The van der Waals surface area contributed by atoms with Crippen LogP contribution in [0.3, 0.4) is 0 Å². The molecule has 22 heavy (non-hydrogen) atoms. The Morgan fingerprint density at radius 2 is 1.64 bits per heavy atom. The summed E-state index contributed by atoms with van der Waals surface area (Å²) in [5.74, 6) is 0.0793. The standard InChI is InChI=1S/C20H21NO/c1-14(19(22)15-9-5-4-6-10-15)18-17-12-8-7-11-16(17)13-20(2,3)21-18/h4-12,21H,13H2,1-3H3/b18-14-. The SMILES string of the molecule is C/C(C(=O)c1ccccc1)=C1/NC(C)(C)Cc2ccccc21. The van der Waals surface area contributed by atoms with E-state index in [1.165, 1.54) is 5.56 Å². The molecule has 1 N–H and O–H groups in total. The van der Waals surface area contributed by atoms with Crippen LogP contribution in [-0.4, -0.2) is 11.3 Å². The van der Waals surface area contributed by atoms with E-state index in [0.29, 0.717) is 0 Å². The fraction of sp³-hybridized carbons (Fsp3) is 0.250. The van der Waals surface area contributed by atoms with E-state index in [0.717, 1.165) is 28.8 Å². The highest BCUT2D eigenvalue weighted by atomic mass is 16.1. The third kappa shape index (κ3) is 2.69. The first-order valence-corrected chi connectivity index (χ1v) is 7.65. The van der Waals surface area contributed by atoms with Crippen molar-refractivity contribution >= 4 is 11.5 Å². The van der Waals surface area contributed by atoms with Crippen molar-refractivity contribution < 1.29 is 4.79 Å². The number of nitrogens with one attached hydrogen (secondary N) is 1. The maximum atomic E-state index is 12.8. The van der Waals surface area contributed by atoms with Crippen LogP contribution in [-0.2, 0) is 6.42 Å². The number of hydrogen-bond donors (Lipinski definition) is 1. The second-order valence-electron chi connectivity index (χ2n) is 6.54. The van der Waals surface area contributed by atoms with Gasteiger partial charge in [-0.1, -0.05) is 54.6 Å². The summed E-state index contributed by atoms with van der Waals surface area (Å²) < 4.78 is 0. The molecule has 0 spiro atoms. The van der Waals surface area contributed by atoms with Gasteiger partial charge in [-0.25, -0.2) is 0 Å². The molecule has 0 amide bonds. The molecule has 112 valence electrons. The van der Waals surface area contributed by atoms with E-state index in [1.54, 1.807) is 0 Å². The molecule has 1 aliphatic heterocycles. The third-order valence-corrected chi connectivity index (χ3v) is 4.13. The van der Waals surface area contributed by atoms with Crippen LogP contribution in [0.4, 0.5) is 0 Å². The van der Waals surface area contributed by atoms with Gasteiger partial charge in [0.25, 0.3) is 0 Å². The van der Waals surface area contributed by atoms with Gasteiger partial charge < -0.3 is 5.32 Å². The number of fused-ring (bicyclic) bond motifs is 1. The molecule has 2 heteroatoms. The Morgan fingerprint density at radius 1 is 1.00 bits per heavy atom. The quantitative estimate of drug-likeness (QED) is 0.663. The Morgan fingerprint density at radius 3 is 2.36 bits per heavy atom. The van der Waals surface area contributed by atoms with Crippen LogP contribution in [0.2, 0.25) is 0 Å². The van der Waals surface area contributed by atoms with E-state index >= 15 is 0 Å². The molecule has 0 bridgehead atoms. The molecule has 0 aliphatic carbocycles. The Kier molecular flexibility index (Phi) is 3.61. The predicted molar refractivity (Wildman–Crippen MR) is 90.7 cm³/mol. The number of allylic oxidation sites excluding steroid dienone is 1. The molecule has 2 aromatic carbocycles. The molecule has 2 nitrogen and oxygen atoms in total. The molecule has 0 saturated carbocycles. The first kappa shape index (κ1) is 14.6. The summed E-state index contributed by atoms with van der Waals surface area (Å²) in [6.45, 7) is 6.25. The number of rotatable bonds is 2. The molecule has 0 aromatic heterocycles. The maximum Gasteiger partial charge on any atom is 0.190 e. The summed E-state index contributed by atoms with van der Waals surface area (Å²) in [6.07, 6.45) is 0.958. The van der Waals surface area contributed by atoms with Crippen LogP contribution in [0.15, 0.2) is 60.2 Å². The van der Waals surface area contributed by atoms with E-state index in [1.807, 2.05) is 43.3 Å². The molecule has 0 fully saturated rings. The summed E-state index contributed by atoms with van der Waals surface area (Å²) in [5, 5.41) is 3.56. The molecular formula is C20H21NO. The maximum absolute atomic E-state index is 12.8. The molecule has 1 aliphatic rings. The van der Waals surface area contributed by atoms with Gasteiger partial charge in [0.2, 0.25) is 0 Å². The average molecular weight is 291 g/mol. The van der Waals surface area contributed by atoms with Crippen LogP contribution in [0, 0.1) is 0 Å². The van der Waals surface area contributed by atoms with Crippen LogP contribution < -0.4 is 5.32 Å². The van der Waals surface area contributed by atoms with Crippen molar-refractivity contribution in [1.29, 1.82) is 0 Å². The summed E-state index contributed by atoms with van der Waals surface area (Å²) in [4.78, 5) is 12.8. The summed E-state index contributed by atoms with van der Waals surface area (Å²) in [5.41, 5.74) is 4.84. The van der Waals surface area contributed by atoms with Crippen molar-refractivity contribution in [1.82, 2.24) is 5.32 Å². The zero-order valence-electron chi connectivity index (χ0n) is 13.3. The molecular weight excluding hydrogens is 270 g/mol. The summed E-state index contributed by atoms with van der Waals surface area (Å²) in [6, 6.07) is 17.8. The minimum atomic E-state index is -0.0537. The van der Waals surface area contributed by atoms with Crippen molar-refractivity contribution in [3.05, 3.63) is 76.9 Å². The van der Waals surface area contributed by atoms with Crippen molar-refractivity contribution in [3.8, 4) is 0 Å². The second kappa shape index (κ2) is 5.45. The highest BCUT2D eigenvalue weighted by Gasteiger charge is 2.29. The van der Waals surface area contributed by atoms with Gasteiger partial charge >= 0.3 is 0 Å². The highest BCUT2D eigenvalue weighted by molar-refractivity contribution is 6.12. The van der Waals surface area contributed by atoms with Gasteiger partial charge in [-0.2, -0.15) is 0 Å². The lowest BCUT2D eigenvalue weighted by atomic mass is 9.84. The largest absolute Gasteiger partial charge is 0.379 e. The van der Waals surface area contributed by atoms with Crippen LogP contribution in [0.1, 0.15) is 42.3 Å². The van der Waals surface area contributed by atoms with Gasteiger partial charge in [0.05, 0.1) is 0 Å². The molecule has 3 rings (SSSR count). The second-order valence-corrected chi connectivity index (χ2v) is 6.54. The smallest absolute Gasteiger partial charge is 0.190 e. The lowest BCUT2D eigenvalue weighted by Gasteiger charge is -2.36. The average Bonchev–Trinajstić information content (AvgIpc) is 2.52. The Balaban J connectivity index is 2.11. The van der Waals surface area contributed by atoms with Crippen LogP contribution >= 0.6 is 0 Å². The summed E-state index contributed by atoms with van der Waals surface area (Å²) >= 11 is 0. The summed E-state index contributed by atoms with van der Waals surface area (Å²) in [7, 11) is 0. The number of Topliss-reactive ketones (excluding diaryl/α,β-unsaturated/α-hetero) is 1. The van der Waals surface area contributed by atoms with Crippen LogP contribution in [0.5, 0.6) is 0 Å². The number of benzene rings is 2. The zero-order valence-corrected chi connectivity index (χ0v) is 13.3. The zero-order chi connectivity index (χ0) is 15.7. The van der Waals surface area contributed by atoms with Gasteiger partial charge in [-0.3, -0.25) is 4.79 Å². The van der Waals surface area contributed by atoms with E-state index in [2.05, 4.69) is 37.4 Å². The lowest BCUT2D eigenvalue weighted by Crippen LogP contribution is -2.44. The van der Waals surface area contributed by atoms with E-state index < -0.39 is 0 Å². The lowest BCUT2D eigenvalue weighted by molar-refractivity contribution is 0.103. The minimum absolute atomic E-state index is 0.0537. The Bertz CT molecular complexity index is 741. The number of carbonyl (C=O) groups is 1. The fourth-order valence-electron chi connectivity index (χ4n) is 3.06. The molecule has 2 aromatic rings. The fourth-order valence-corrected chi connectivity index (χ4v) is 3.06. The van der Waals surface area contributed by atoms with E-state index in [9.17, 15) is 4.79 Å². The van der Waals surface area contributed by atoms with Gasteiger partial charge in [-0.15, -0.1) is 0 Å². The monoisotopic (exact) mass is 291 g/mol. The number of ketones is 1. The molecule has 0 radical (unpaired) electrons. The molecule has 0 atom stereocenters. The number of carbonyl (C=O) groups excluding carboxylic acids is 1. The third-order valence-electron chi connectivity index (χ3n) is 4.13. The van der Waals surface area contributed by atoms with Gasteiger partial charge in [0, 0.05) is 27.9 Å². The van der Waals surface area contributed by atoms with Gasteiger partial charge in [0.15, 0.2) is 5.78 Å². The van der Waals surface area contributed by atoms with Crippen molar-refractivity contribution in [2.45, 2.75) is 32.7 Å². The molecule has 1 heterocycles. The highest BCUT2D eigenvalue weighted by Crippen LogP contribution is 2.32. The van der Waals surface area contributed by atoms with Crippen molar-refractivity contribution in [3.63, 3.8) is 0 Å². The normalized spacial score (nSPS) is 18.1. The minimum Gasteiger partial charge on any atom is -0.379 e. The number of hydrogen-bond acceptors (Lipinski definition) is 2. The molecule has 0 saturated heterocycles. The van der Waals surface area contributed by atoms with E-state index in [-0.39, 0.29) is 11.3 Å². The first-order valence-electron chi connectivity index (χ1n) is 7.65. The van der Waals surface area contributed by atoms with Gasteiger partial charge in [-0.05, 0) is 32.8 Å². The van der Waals surface area contributed by atoms with Gasteiger partial charge in [0.1, 0.15) is 0 Å². The predicted octanol–water partition coefficient (Wildman–Crippen LogP) is 4.22. The Labute approximate surface area is 131 Å².